The van der Waals surface area contributed by atoms with Crippen LogP contribution in [0.25, 0.3) is 10.4 Å². The van der Waals surface area contributed by atoms with Crippen LogP contribution in [0.15, 0.2) is 35.4 Å². The molecule has 0 aliphatic carbocycles. The predicted molar refractivity (Wildman–Crippen MR) is 65.8 cm³/mol. The number of azide groups is 1. The van der Waals surface area contributed by atoms with Crippen LogP contribution in [-0.2, 0) is 11.3 Å². The van der Waals surface area contributed by atoms with Crippen LogP contribution in [0, 0.1) is 0 Å². The highest BCUT2D eigenvalue weighted by molar-refractivity contribution is 5.74. The average molecular weight is 246 g/mol. The van der Waals surface area contributed by atoms with E-state index in [2.05, 4.69) is 10.0 Å². The molecule has 6 heteroatoms. The third kappa shape index (κ3) is 2.80. The maximum absolute atomic E-state index is 11.2. The summed E-state index contributed by atoms with van der Waals surface area (Å²) in [6, 6.07) is 8.86. The summed E-state index contributed by atoms with van der Waals surface area (Å²) in [5, 5.41) is 12.8. The summed E-state index contributed by atoms with van der Waals surface area (Å²) in [4.78, 5) is 15.8. The van der Waals surface area contributed by atoms with Gasteiger partial charge in [-0.15, -0.1) is 0 Å². The number of carboxylic acids is 1. The molecule has 1 aromatic rings. The highest BCUT2D eigenvalue weighted by atomic mass is 16.4. The van der Waals surface area contributed by atoms with Crippen molar-refractivity contribution in [3.05, 3.63) is 46.3 Å². The fourth-order valence-corrected chi connectivity index (χ4v) is 2.29. The van der Waals surface area contributed by atoms with Crippen molar-refractivity contribution in [1.82, 2.24) is 4.90 Å². The predicted octanol–water partition coefficient (Wildman–Crippen LogP) is 2.02. The first-order valence-electron chi connectivity index (χ1n) is 5.75. The van der Waals surface area contributed by atoms with Crippen molar-refractivity contribution < 1.29 is 9.90 Å². The Kier molecular flexibility index (Phi) is 3.82. The molecule has 0 spiro atoms. The van der Waals surface area contributed by atoms with Gasteiger partial charge in [0.2, 0.25) is 0 Å². The third-order valence-electron chi connectivity index (χ3n) is 3.11. The van der Waals surface area contributed by atoms with Crippen molar-refractivity contribution in [3.63, 3.8) is 0 Å². The number of rotatable bonds is 4. The van der Waals surface area contributed by atoms with Gasteiger partial charge in [0.15, 0.2) is 0 Å². The molecule has 2 rings (SSSR count). The first-order chi connectivity index (χ1) is 8.70. The van der Waals surface area contributed by atoms with E-state index in [1.54, 1.807) is 0 Å². The quantitative estimate of drug-likeness (QED) is 0.500. The molecule has 1 aliphatic heterocycles. The molecule has 94 valence electrons. The van der Waals surface area contributed by atoms with Gasteiger partial charge in [0.05, 0.1) is 6.04 Å². The van der Waals surface area contributed by atoms with Crippen LogP contribution in [0.1, 0.15) is 12.0 Å². The Bertz CT molecular complexity index is 470. The van der Waals surface area contributed by atoms with Gasteiger partial charge in [0, 0.05) is 18.0 Å². The number of carbonyl (C=O) groups is 1. The van der Waals surface area contributed by atoms with E-state index in [0.29, 0.717) is 19.5 Å². The Morgan fingerprint density at radius 1 is 1.50 bits per heavy atom. The zero-order chi connectivity index (χ0) is 13.0. The summed E-state index contributed by atoms with van der Waals surface area (Å²) >= 11 is 0. The Balaban J connectivity index is 2.10. The molecular formula is C12H14N4O2. The van der Waals surface area contributed by atoms with E-state index in [-0.39, 0.29) is 6.04 Å². The first kappa shape index (κ1) is 12.4. The number of carboxylic acid groups (broad SMARTS) is 1. The molecule has 2 atom stereocenters. The fourth-order valence-electron chi connectivity index (χ4n) is 2.29. The minimum Gasteiger partial charge on any atom is -0.480 e. The second kappa shape index (κ2) is 5.53. The monoisotopic (exact) mass is 246 g/mol. The summed E-state index contributed by atoms with van der Waals surface area (Å²) in [5.41, 5.74) is 9.48. The van der Waals surface area contributed by atoms with Gasteiger partial charge in [0.25, 0.3) is 0 Å². The Labute approximate surface area is 104 Å². The molecule has 1 heterocycles. The van der Waals surface area contributed by atoms with E-state index < -0.39 is 12.0 Å². The molecule has 0 unspecified atom stereocenters. The molecule has 1 saturated heterocycles. The first-order valence-corrected chi connectivity index (χ1v) is 5.75. The van der Waals surface area contributed by atoms with E-state index in [1.807, 2.05) is 35.2 Å². The van der Waals surface area contributed by atoms with Crippen molar-refractivity contribution in [2.45, 2.75) is 25.0 Å². The molecule has 0 bridgehead atoms. The topological polar surface area (TPSA) is 89.3 Å². The molecule has 0 saturated carbocycles. The molecule has 6 nitrogen and oxygen atoms in total. The van der Waals surface area contributed by atoms with Gasteiger partial charge in [-0.2, -0.15) is 0 Å². The summed E-state index contributed by atoms with van der Waals surface area (Å²) in [6.45, 7) is 1.06. The molecule has 1 N–H and O–H groups in total. The zero-order valence-electron chi connectivity index (χ0n) is 9.81. The van der Waals surface area contributed by atoms with Crippen molar-refractivity contribution in [1.29, 1.82) is 0 Å². The van der Waals surface area contributed by atoms with Crippen LogP contribution in [-0.4, -0.2) is 34.6 Å². The van der Waals surface area contributed by atoms with Crippen molar-refractivity contribution in [3.8, 4) is 0 Å². The van der Waals surface area contributed by atoms with Gasteiger partial charge in [-0.3, -0.25) is 9.69 Å². The largest absolute Gasteiger partial charge is 0.480 e. The second-order valence-electron chi connectivity index (χ2n) is 4.36. The highest BCUT2D eigenvalue weighted by Crippen LogP contribution is 2.23. The van der Waals surface area contributed by atoms with Crippen molar-refractivity contribution >= 4 is 5.97 Å². The number of benzene rings is 1. The van der Waals surface area contributed by atoms with Crippen LogP contribution >= 0.6 is 0 Å². The van der Waals surface area contributed by atoms with Gasteiger partial charge >= 0.3 is 5.97 Å². The Morgan fingerprint density at radius 3 is 2.83 bits per heavy atom. The summed E-state index contributed by atoms with van der Waals surface area (Å²) in [7, 11) is 0. The number of hydrogen-bond acceptors (Lipinski definition) is 3. The molecule has 18 heavy (non-hydrogen) atoms. The Hall–Kier alpha value is -2.04. The average Bonchev–Trinajstić information content (AvgIpc) is 2.74. The molecule has 1 aromatic carbocycles. The lowest BCUT2D eigenvalue weighted by molar-refractivity contribution is -0.142. The smallest absolute Gasteiger partial charge is 0.320 e. The molecule has 1 aliphatic rings. The third-order valence-corrected chi connectivity index (χ3v) is 3.11. The van der Waals surface area contributed by atoms with Gasteiger partial charge in [-0.1, -0.05) is 35.4 Å². The lowest BCUT2D eigenvalue weighted by Gasteiger charge is -2.20. The molecule has 0 radical (unpaired) electrons. The number of nitrogens with zero attached hydrogens (tertiary/aromatic N) is 4. The second-order valence-corrected chi connectivity index (χ2v) is 4.36. The summed E-state index contributed by atoms with van der Waals surface area (Å²) < 4.78 is 0. The van der Waals surface area contributed by atoms with Gasteiger partial charge in [0.1, 0.15) is 6.04 Å². The number of hydrogen-bond donors (Lipinski definition) is 1. The number of aliphatic carboxylic acids is 1. The maximum atomic E-state index is 11.2. The van der Waals surface area contributed by atoms with E-state index in [4.69, 9.17) is 5.53 Å². The summed E-state index contributed by atoms with van der Waals surface area (Å²) in [5.74, 6) is -0.860. The Morgan fingerprint density at radius 2 is 2.22 bits per heavy atom. The molecule has 0 amide bonds. The maximum Gasteiger partial charge on any atom is 0.320 e. The van der Waals surface area contributed by atoms with E-state index in [0.717, 1.165) is 5.56 Å². The van der Waals surface area contributed by atoms with E-state index >= 15 is 0 Å². The minimum absolute atomic E-state index is 0.250. The minimum atomic E-state index is -0.860. The fraction of sp³-hybridized carbons (Fsp3) is 0.417. The highest BCUT2D eigenvalue weighted by Gasteiger charge is 2.36. The van der Waals surface area contributed by atoms with Crippen LogP contribution in [0.3, 0.4) is 0 Å². The number of likely N-dealkylation sites (tertiary alicyclic amines) is 1. The van der Waals surface area contributed by atoms with Crippen LogP contribution in [0.5, 0.6) is 0 Å². The summed E-state index contributed by atoms with van der Waals surface area (Å²) in [6.07, 6.45) is 0.381. The van der Waals surface area contributed by atoms with Crippen LogP contribution < -0.4 is 0 Å². The van der Waals surface area contributed by atoms with E-state index in [1.165, 1.54) is 0 Å². The van der Waals surface area contributed by atoms with E-state index in [9.17, 15) is 9.90 Å². The van der Waals surface area contributed by atoms with Crippen LogP contribution in [0.2, 0.25) is 0 Å². The lowest BCUT2D eigenvalue weighted by atomic mass is 10.1. The van der Waals surface area contributed by atoms with Gasteiger partial charge in [-0.25, -0.2) is 0 Å². The van der Waals surface area contributed by atoms with Crippen molar-refractivity contribution in [2.24, 2.45) is 5.11 Å². The SMILES string of the molecule is [N-]=[N+]=N[C@H]1C[C@@H](C(=O)O)N(Cc2ccccc2)C1. The van der Waals surface area contributed by atoms with Gasteiger partial charge in [-0.05, 0) is 17.5 Å². The van der Waals surface area contributed by atoms with Gasteiger partial charge < -0.3 is 5.11 Å². The molecule has 0 aromatic heterocycles. The normalized spacial score (nSPS) is 23.6. The molecular weight excluding hydrogens is 232 g/mol. The standard InChI is InChI=1S/C12H14N4O2/c13-15-14-10-6-11(12(17)18)16(8-10)7-9-4-2-1-3-5-9/h1-5,10-11H,6-8H2,(H,17,18)/t10-,11-/m0/s1. The van der Waals surface area contributed by atoms with Crippen LogP contribution in [0.4, 0.5) is 0 Å². The lowest BCUT2D eigenvalue weighted by Crippen LogP contribution is -2.35. The zero-order valence-corrected chi connectivity index (χ0v) is 9.81. The molecule has 1 fully saturated rings. The van der Waals surface area contributed by atoms with Crippen molar-refractivity contribution in [2.75, 3.05) is 6.54 Å².